The van der Waals surface area contributed by atoms with Crippen LogP contribution in [0.3, 0.4) is 0 Å². The Bertz CT molecular complexity index is 546. The van der Waals surface area contributed by atoms with Gasteiger partial charge in [-0.05, 0) is 38.0 Å². The summed E-state index contributed by atoms with van der Waals surface area (Å²) in [4.78, 5) is 4.30. The first-order valence-corrected chi connectivity index (χ1v) is 6.60. The molecule has 0 bridgehead atoms. The second-order valence-electron chi connectivity index (χ2n) is 4.73. The molecule has 2 N–H and O–H groups in total. The Morgan fingerprint density at radius 1 is 1.42 bits per heavy atom. The number of aryl methyl sites for hydroxylation is 2. The number of nitrogens with two attached hydrogens (primary N) is 1. The first-order valence-electron chi connectivity index (χ1n) is 6.60. The summed E-state index contributed by atoms with van der Waals surface area (Å²) in [6.45, 7) is 7.50. The van der Waals surface area contributed by atoms with Crippen LogP contribution in [0.5, 0.6) is 5.75 Å². The lowest BCUT2D eigenvalue weighted by Gasteiger charge is -2.12. The Kier molecular flexibility index (Phi) is 4.22. The molecule has 0 aliphatic rings. The van der Waals surface area contributed by atoms with Crippen molar-refractivity contribution in [3.63, 3.8) is 0 Å². The van der Waals surface area contributed by atoms with Crippen LogP contribution < -0.4 is 10.5 Å². The Hall–Kier alpha value is -1.81. The second-order valence-corrected chi connectivity index (χ2v) is 4.73. The van der Waals surface area contributed by atoms with Gasteiger partial charge < -0.3 is 15.0 Å². The fraction of sp³-hybridized carbons (Fsp3) is 0.400. The van der Waals surface area contributed by atoms with Crippen molar-refractivity contribution in [2.75, 3.05) is 0 Å². The van der Waals surface area contributed by atoms with Gasteiger partial charge in [0.15, 0.2) is 0 Å². The molecule has 1 aromatic heterocycles. The van der Waals surface area contributed by atoms with Gasteiger partial charge in [0.05, 0.1) is 0 Å². The largest absolute Gasteiger partial charge is 0.485 e. The third-order valence-electron chi connectivity index (χ3n) is 3.22. The SMILES string of the molecule is CCn1ccnc1COc1ccc([C@H](C)N)cc1C. The second kappa shape index (κ2) is 5.89. The van der Waals surface area contributed by atoms with Crippen LogP contribution in [0.4, 0.5) is 0 Å². The summed E-state index contributed by atoms with van der Waals surface area (Å²) in [6.07, 6.45) is 3.76. The number of hydrogen-bond donors (Lipinski definition) is 1. The molecule has 102 valence electrons. The van der Waals surface area contributed by atoms with Gasteiger partial charge in [-0.25, -0.2) is 4.98 Å². The maximum Gasteiger partial charge on any atom is 0.146 e. The Balaban J connectivity index is 2.08. The molecule has 0 saturated carbocycles. The predicted octanol–water partition coefficient (Wildman–Crippen LogP) is 2.81. The van der Waals surface area contributed by atoms with E-state index >= 15 is 0 Å². The van der Waals surface area contributed by atoms with Crippen LogP contribution in [0.25, 0.3) is 0 Å². The van der Waals surface area contributed by atoms with Crippen molar-refractivity contribution in [2.45, 2.75) is 40.0 Å². The van der Waals surface area contributed by atoms with E-state index in [0.29, 0.717) is 6.61 Å². The highest BCUT2D eigenvalue weighted by molar-refractivity contribution is 5.37. The molecule has 0 spiro atoms. The smallest absolute Gasteiger partial charge is 0.146 e. The Morgan fingerprint density at radius 3 is 2.84 bits per heavy atom. The van der Waals surface area contributed by atoms with Crippen molar-refractivity contribution in [3.05, 3.63) is 47.5 Å². The summed E-state index contributed by atoms with van der Waals surface area (Å²) >= 11 is 0. The highest BCUT2D eigenvalue weighted by Gasteiger charge is 2.06. The maximum absolute atomic E-state index is 5.87. The van der Waals surface area contributed by atoms with Gasteiger partial charge in [0.25, 0.3) is 0 Å². The first-order chi connectivity index (χ1) is 9.11. The van der Waals surface area contributed by atoms with Crippen molar-refractivity contribution in [1.82, 2.24) is 9.55 Å². The molecule has 19 heavy (non-hydrogen) atoms. The molecule has 0 radical (unpaired) electrons. The van der Waals surface area contributed by atoms with Crippen LogP contribution in [0, 0.1) is 6.92 Å². The standard InChI is InChI=1S/C15H21N3O/c1-4-18-8-7-17-15(18)10-19-14-6-5-13(12(3)16)9-11(14)2/h5-9,12H,4,10,16H2,1-3H3/t12-/m0/s1. The number of ether oxygens (including phenoxy) is 1. The number of aromatic nitrogens is 2. The van der Waals surface area contributed by atoms with Crippen LogP contribution in [0.15, 0.2) is 30.6 Å². The van der Waals surface area contributed by atoms with Crippen molar-refractivity contribution in [3.8, 4) is 5.75 Å². The third-order valence-corrected chi connectivity index (χ3v) is 3.22. The van der Waals surface area contributed by atoms with Gasteiger partial charge in [0, 0.05) is 25.0 Å². The van der Waals surface area contributed by atoms with E-state index in [1.807, 2.05) is 32.2 Å². The monoisotopic (exact) mass is 259 g/mol. The van der Waals surface area contributed by atoms with Crippen LogP contribution in [-0.4, -0.2) is 9.55 Å². The number of imidazole rings is 1. The molecule has 1 aromatic carbocycles. The van der Waals surface area contributed by atoms with Crippen molar-refractivity contribution < 1.29 is 4.74 Å². The average Bonchev–Trinajstić information content (AvgIpc) is 2.84. The van der Waals surface area contributed by atoms with Gasteiger partial charge in [0.1, 0.15) is 18.2 Å². The molecule has 0 aliphatic carbocycles. The van der Waals surface area contributed by atoms with E-state index in [9.17, 15) is 0 Å². The maximum atomic E-state index is 5.87. The van der Waals surface area contributed by atoms with Gasteiger partial charge in [0.2, 0.25) is 0 Å². The lowest BCUT2D eigenvalue weighted by Crippen LogP contribution is -2.07. The molecule has 2 aromatic rings. The van der Waals surface area contributed by atoms with E-state index in [1.165, 1.54) is 0 Å². The summed E-state index contributed by atoms with van der Waals surface area (Å²) in [6, 6.07) is 6.12. The topological polar surface area (TPSA) is 53.1 Å². The van der Waals surface area contributed by atoms with E-state index in [2.05, 4.69) is 22.5 Å². The van der Waals surface area contributed by atoms with E-state index in [4.69, 9.17) is 10.5 Å². The molecular formula is C15H21N3O. The van der Waals surface area contributed by atoms with Crippen LogP contribution in [0.2, 0.25) is 0 Å². The summed E-state index contributed by atoms with van der Waals surface area (Å²) in [5, 5.41) is 0. The highest BCUT2D eigenvalue weighted by atomic mass is 16.5. The number of benzene rings is 1. The molecule has 2 rings (SSSR count). The highest BCUT2D eigenvalue weighted by Crippen LogP contribution is 2.22. The summed E-state index contributed by atoms with van der Waals surface area (Å²) in [5.74, 6) is 1.83. The molecule has 0 fully saturated rings. The summed E-state index contributed by atoms with van der Waals surface area (Å²) in [5.41, 5.74) is 8.09. The molecule has 1 heterocycles. The Morgan fingerprint density at radius 2 is 2.21 bits per heavy atom. The van der Waals surface area contributed by atoms with E-state index in [1.54, 1.807) is 6.20 Å². The van der Waals surface area contributed by atoms with Crippen molar-refractivity contribution in [1.29, 1.82) is 0 Å². The molecule has 4 nitrogen and oxygen atoms in total. The Labute approximate surface area is 114 Å². The average molecular weight is 259 g/mol. The zero-order valence-corrected chi connectivity index (χ0v) is 11.8. The summed E-state index contributed by atoms with van der Waals surface area (Å²) < 4.78 is 7.91. The molecular weight excluding hydrogens is 238 g/mol. The van der Waals surface area contributed by atoms with Gasteiger partial charge in [-0.2, -0.15) is 0 Å². The lowest BCUT2D eigenvalue weighted by atomic mass is 10.1. The van der Waals surface area contributed by atoms with Crippen molar-refractivity contribution in [2.24, 2.45) is 5.73 Å². The molecule has 0 amide bonds. The molecule has 0 aliphatic heterocycles. The minimum absolute atomic E-state index is 0.0479. The first kappa shape index (κ1) is 13.6. The van der Waals surface area contributed by atoms with Gasteiger partial charge in [-0.1, -0.05) is 12.1 Å². The molecule has 0 unspecified atom stereocenters. The number of hydrogen-bond acceptors (Lipinski definition) is 3. The fourth-order valence-electron chi connectivity index (χ4n) is 2.03. The van der Waals surface area contributed by atoms with Crippen LogP contribution in [-0.2, 0) is 13.2 Å². The van der Waals surface area contributed by atoms with E-state index in [0.717, 1.165) is 29.2 Å². The minimum atomic E-state index is 0.0479. The molecule has 4 heteroatoms. The minimum Gasteiger partial charge on any atom is -0.485 e. The van der Waals surface area contributed by atoms with Crippen LogP contribution >= 0.6 is 0 Å². The zero-order chi connectivity index (χ0) is 13.8. The lowest BCUT2D eigenvalue weighted by molar-refractivity contribution is 0.288. The van der Waals surface area contributed by atoms with E-state index in [-0.39, 0.29) is 6.04 Å². The zero-order valence-electron chi connectivity index (χ0n) is 11.8. The van der Waals surface area contributed by atoms with Crippen LogP contribution in [0.1, 0.15) is 36.8 Å². The number of nitrogens with zero attached hydrogens (tertiary/aromatic N) is 2. The summed E-state index contributed by atoms with van der Waals surface area (Å²) in [7, 11) is 0. The quantitative estimate of drug-likeness (QED) is 0.898. The number of rotatable bonds is 5. The fourth-order valence-corrected chi connectivity index (χ4v) is 2.03. The molecule has 0 saturated heterocycles. The predicted molar refractivity (Wildman–Crippen MR) is 76.0 cm³/mol. The van der Waals surface area contributed by atoms with E-state index < -0.39 is 0 Å². The van der Waals surface area contributed by atoms with Gasteiger partial charge in [-0.15, -0.1) is 0 Å². The molecule has 1 atom stereocenters. The normalized spacial score (nSPS) is 12.4. The third kappa shape index (κ3) is 3.15. The van der Waals surface area contributed by atoms with Gasteiger partial charge in [-0.3, -0.25) is 0 Å². The van der Waals surface area contributed by atoms with Gasteiger partial charge >= 0.3 is 0 Å². The van der Waals surface area contributed by atoms with Crippen molar-refractivity contribution >= 4 is 0 Å².